The standard InChI is InChI=1S/C17H19N3O5S/c1-11(21)18-14-8-9-16(25-2)15(10-14)19-17(22)12-4-6-13(7-5-12)20-26(3,23)24/h4-10,20H,1-3H3,(H,18,21)(H,19,22). The average molecular weight is 377 g/mol. The maximum atomic E-state index is 12.4. The second-order valence-electron chi connectivity index (χ2n) is 5.50. The zero-order valence-electron chi connectivity index (χ0n) is 14.5. The zero-order chi connectivity index (χ0) is 19.3. The molecular formula is C17H19N3O5S. The number of hydrogen-bond donors (Lipinski definition) is 3. The van der Waals surface area contributed by atoms with Crippen molar-refractivity contribution in [2.24, 2.45) is 0 Å². The normalized spacial score (nSPS) is 10.7. The summed E-state index contributed by atoms with van der Waals surface area (Å²) in [7, 11) is -1.92. The minimum Gasteiger partial charge on any atom is -0.495 e. The Kier molecular flexibility index (Phi) is 5.83. The number of rotatable bonds is 6. The highest BCUT2D eigenvalue weighted by Crippen LogP contribution is 2.28. The van der Waals surface area contributed by atoms with E-state index < -0.39 is 15.9 Å². The minimum atomic E-state index is -3.38. The molecule has 0 aliphatic carbocycles. The summed E-state index contributed by atoms with van der Waals surface area (Å²) < 4.78 is 29.9. The molecule has 0 heterocycles. The number of ether oxygens (including phenoxy) is 1. The van der Waals surface area contributed by atoms with Crippen molar-refractivity contribution in [1.82, 2.24) is 0 Å². The molecule has 2 rings (SSSR count). The van der Waals surface area contributed by atoms with Gasteiger partial charge in [-0.25, -0.2) is 8.42 Å². The number of amides is 2. The summed E-state index contributed by atoms with van der Waals surface area (Å²) in [5.41, 5.74) is 1.59. The van der Waals surface area contributed by atoms with Crippen LogP contribution in [0.25, 0.3) is 0 Å². The summed E-state index contributed by atoms with van der Waals surface area (Å²) >= 11 is 0. The molecule has 0 bridgehead atoms. The predicted molar refractivity (Wildman–Crippen MR) is 100 cm³/mol. The first-order valence-electron chi connectivity index (χ1n) is 7.53. The number of carbonyl (C=O) groups is 2. The van der Waals surface area contributed by atoms with E-state index in [0.29, 0.717) is 28.4 Å². The molecule has 0 unspecified atom stereocenters. The molecule has 0 radical (unpaired) electrons. The number of hydrogen-bond acceptors (Lipinski definition) is 5. The predicted octanol–water partition coefficient (Wildman–Crippen LogP) is 2.28. The third-order valence-corrected chi connectivity index (χ3v) is 3.82. The lowest BCUT2D eigenvalue weighted by atomic mass is 10.2. The second kappa shape index (κ2) is 7.87. The summed E-state index contributed by atoms with van der Waals surface area (Å²) in [6.07, 6.45) is 1.04. The molecule has 0 aliphatic rings. The van der Waals surface area contributed by atoms with Gasteiger partial charge in [-0.2, -0.15) is 0 Å². The van der Waals surface area contributed by atoms with Gasteiger partial charge in [0.15, 0.2) is 0 Å². The molecule has 26 heavy (non-hydrogen) atoms. The fourth-order valence-corrected chi connectivity index (χ4v) is 2.75. The SMILES string of the molecule is COc1ccc(NC(C)=O)cc1NC(=O)c1ccc(NS(C)(=O)=O)cc1. The van der Waals surface area contributed by atoms with Gasteiger partial charge < -0.3 is 15.4 Å². The number of sulfonamides is 1. The molecule has 8 nitrogen and oxygen atoms in total. The third-order valence-electron chi connectivity index (χ3n) is 3.22. The van der Waals surface area contributed by atoms with Gasteiger partial charge in [0.25, 0.3) is 5.91 Å². The summed E-state index contributed by atoms with van der Waals surface area (Å²) in [4.78, 5) is 23.6. The largest absolute Gasteiger partial charge is 0.495 e. The van der Waals surface area contributed by atoms with Crippen LogP contribution in [0.15, 0.2) is 42.5 Å². The Morgan fingerprint density at radius 1 is 0.962 bits per heavy atom. The molecule has 2 aromatic rings. The van der Waals surface area contributed by atoms with Crippen LogP contribution < -0.4 is 20.1 Å². The monoisotopic (exact) mass is 377 g/mol. The van der Waals surface area contributed by atoms with Gasteiger partial charge in [-0.1, -0.05) is 0 Å². The van der Waals surface area contributed by atoms with Crippen LogP contribution in [0.3, 0.4) is 0 Å². The zero-order valence-corrected chi connectivity index (χ0v) is 15.3. The highest BCUT2D eigenvalue weighted by molar-refractivity contribution is 7.92. The molecule has 0 saturated carbocycles. The van der Waals surface area contributed by atoms with Gasteiger partial charge in [0.2, 0.25) is 15.9 Å². The Morgan fingerprint density at radius 3 is 2.12 bits per heavy atom. The van der Waals surface area contributed by atoms with Crippen LogP contribution in [0.2, 0.25) is 0 Å². The van der Waals surface area contributed by atoms with Crippen LogP contribution >= 0.6 is 0 Å². The van der Waals surface area contributed by atoms with Crippen molar-refractivity contribution in [3.8, 4) is 5.75 Å². The van der Waals surface area contributed by atoms with Crippen LogP contribution in [0.5, 0.6) is 5.75 Å². The van der Waals surface area contributed by atoms with E-state index in [-0.39, 0.29) is 5.91 Å². The van der Waals surface area contributed by atoms with Crippen molar-refractivity contribution in [2.45, 2.75) is 6.92 Å². The topological polar surface area (TPSA) is 114 Å². The van der Waals surface area contributed by atoms with Gasteiger partial charge in [-0.15, -0.1) is 0 Å². The fourth-order valence-electron chi connectivity index (χ4n) is 2.18. The molecular weight excluding hydrogens is 358 g/mol. The van der Waals surface area contributed by atoms with E-state index in [9.17, 15) is 18.0 Å². The number of benzene rings is 2. The van der Waals surface area contributed by atoms with Crippen molar-refractivity contribution in [3.05, 3.63) is 48.0 Å². The molecule has 3 N–H and O–H groups in total. The van der Waals surface area contributed by atoms with E-state index in [1.54, 1.807) is 18.2 Å². The van der Waals surface area contributed by atoms with E-state index in [2.05, 4.69) is 15.4 Å². The maximum absolute atomic E-state index is 12.4. The molecule has 0 fully saturated rings. The summed E-state index contributed by atoms with van der Waals surface area (Å²) in [5, 5.41) is 5.33. The van der Waals surface area contributed by atoms with Gasteiger partial charge in [-0.3, -0.25) is 14.3 Å². The van der Waals surface area contributed by atoms with Gasteiger partial charge in [-0.05, 0) is 42.5 Å². The number of methoxy groups -OCH3 is 1. The number of nitrogens with one attached hydrogen (secondary N) is 3. The first-order valence-corrected chi connectivity index (χ1v) is 9.42. The van der Waals surface area contributed by atoms with E-state index >= 15 is 0 Å². The van der Waals surface area contributed by atoms with Crippen molar-refractivity contribution >= 4 is 38.9 Å². The van der Waals surface area contributed by atoms with Crippen LogP contribution in [0, 0.1) is 0 Å². The van der Waals surface area contributed by atoms with Crippen molar-refractivity contribution in [2.75, 3.05) is 28.7 Å². The van der Waals surface area contributed by atoms with E-state index in [1.165, 1.54) is 38.3 Å². The molecule has 0 aromatic heterocycles. The van der Waals surface area contributed by atoms with Gasteiger partial charge in [0, 0.05) is 23.9 Å². The lowest BCUT2D eigenvalue weighted by molar-refractivity contribution is -0.114. The van der Waals surface area contributed by atoms with Crippen LogP contribution in [-0.4, -0.2) is 33.6 Å². The van der Waals surface area contributed by atoms with E-state index in [4.69, 9.17) is 4.74 Å². The summed E-state index contributed by atoms with van der Waals surface area (Å²) in [5.74, 6) is -0.210. The first-order chi connectivity index (χ1) is 12.2. The van der Waals surface area contributed by atoms with Crippen molar-refractivity contribution < 1.29 is 22.7 Å². The quantitative estimate of drug-likeness (QED) is 0.715. The van der Waals surface area contributed by atoms with Crippen molar-refractivity contribution in [1.29, 1.82) is 0 Å². The van der Waals surface area contributed by atoms with Crippen LogP contribution in [0.1, 0.15) is 17.3 Å². The lowest BCUT2D eigenvalue weighted by Gasteiger charge is -2.12. The molecule has 2 amide bonds. The minimum absolute atomic E-state index is 0.235. The number of carbonyl (C=O) groups excluding carboxylic acids is 2. The lowest BCUT2D eigenvalue weighted by Crippen LogP contribution is -2.14. The van der Waals surface area contributed by atoms with Crippen LogP contribution in [0.4, 0.5) is 17.1 Å². The highest BCUT2D eigenvalue weighted by atomic mass is 32.2. The molecule has 138 valence electrons. The molecule has 0 spiro atoms. The van der Waals surface area contributed by atoms with Gasteiger partial charge in [0.1, 0.15) is 5.75 Å². The van der Waals surface area contributed by atoms with Gasteiger partial charge in [0.05, 0.1) is 19.1 Å². The maximum Gasteiger partial charge on any atom is 0.255 e. The molecule has 0 aliphatic heterocycles. The first kappa shape index (κ1) is 19.3. The van der Waals surface area contributed by atoms with Gasteiger partial charge >= 0.3 is 0 Å². The molecule has 0 saturated heterocycles. The fraction of sp³-hybridized carbons (Fsp3) is 0.176. The third kappa shape index (κ3) is 5.49. The van der Waals surface area contributed by atoms with E-state index in [1.807, 2.05) is 0 Å². The van der Waals surface area contributed by atoms with Crippen molar-refractivity contribution in [3.63, 3.8) is 0 Å². The molecule has 9 heteroatoms. The smallest absolute Gasteiger partial charge is 0.255 e. The summed E-state index contributed by atoms with van der Waals surface area (Å²) in [6.45, 7) is 1.38. The Morgan fingerprint density at radius 2 is 1.58 bits per heavy atom. The highest BCUT2D eigenvalue weighted by Gasteiger charge is 2.12. The van der Waals surface area contributed by atoms with E-state index in [0.717, 1.165) is 6.26 Å². The molecule has 2 aromatic carbocycles. The summed E-state index contributed by atoms with van der Waals surface area (Å²) in [6, 6.07) is 10.8. The Labute approximate surface area is 151 Å². The Bertz CT molecular complexity index is 924. The Balaban J connectivity index is 2.19. The average Bonchev–Trinajstić information content (AvgIpc) is 2.53. The number of anilines is 3. The van der Waals surface area contributed by atoms with Crippen LogP contribution in [-0.2, 0) is 14.8 Å². The molecule has 0 atom stereocenters. The Hall–Kier alpha value is -3.07. The second-order valence-corrected chi connectivity index (χ2v) is 7.25.